The summed E-state index contributed by atoms with van der Waals surface area (Å²) < 4.78 is 2.49. The molecule has 3 heterocycles. The van der Waals surface area contributed by atoms with Gasteiger partial charge in [-0.05, 0) is 42.3 Å². The van der Waals surface area contributed by atoms with E-state index in [0.29, 0.717) is 43.6 Å². The number of aromatic nitrogens is 3. The highest BCUT2D eigenvalue weighted by molar-refractivity contribution is 9.10. The molecule has 38 heavy (non-hydrogen) atoms. The first-order chi connectivity index (χ1) is 18.3. The van der Waals surface area contributed by atoms with Crippen LogP contribution in [0.4, 0.5) is 11.4 Å². The molecule has 0 spiro atoms. The molecular weight excluding hydrogens is 550 g/mol. The van der Waals surface area contributed by atoms with E-state index in [2.05, 4.69) is 26.2 Å². The zero-order valence-corrected chi connectivity index (χ0v) is 22.7. The van der Waals surface area contributed by atoms with E-state index < -0.39 is 11.5 Å². The van der Waals surface area contributed by atoms with Gasteiger partial charge in [0, 0.05) is 60.4 Å². The summed E-state index contributed by atoms with van der Waals surface area (Å²) in [7, 11) is 0. The Labute approximate surface area is 229 Å². The number of halogens is 1. The summed E-state index contributed by atoms with van der Waals surface area (Å²) in [5, 5.41) is 29.0. The van der Waals surface area contributed by atoms with Gasteiger partial charge in [-0.1, -0.05) is 52.4 Å². The minimum Gasteiger partial charge on any atom is -0.396 e. The summed E-state index contributed by atoms with van der Waals surface area (Å²) in [6, 6.07) is 13.2. The number of aryl methyl sites for hydroxylation is 1. The summed E-state index contributed by atoms with van der Waals surface area (Å²) in [5.74, 6) is -0.768. The number of fused-ring (bicyclic) bond motifs is 1. The van der Waals surface area contributed by atoms with Gasteiger partial charge < -0.3 is 20.0 Å². The van der Waals surface area contributed by atoms with Gasteiger partial charge in [0.25, 0.3) is 5.91 Å². The predicted octanol–water partition coefficient (Wildman–Crippen LogP) is 3.33. The molecule has 2 aliphatic rings. The second kappa shape index (κ2) is 10.8. The van der Waals surface area contributed by atoms with Crippen LogP contribution in [-0.4, -0.2) is 50.2 Å². The number of hydrogen-bond acceptors (Lipinski definition) is 6. The van der Waals surface area contributed by atoms with Crippen molar-refractivity contribution in [1.29, 1.82) is 0 Å². The average Bonchev–Trinajstić information content (AvgIpc) is 3.43. The normalized spacial score (nSPS) is 19.8. The van der Waals surface area contributed by atoms with E-state index in [1.807, 2.05) is 61.5 Å². The van der Waals surface area contributed by atoms with Crippen molar-refractivity contribution in [3.05, 3.63) is 82.1 Å². The lowest BCUT2D eigenvalue weighted by Gasteiger charge is -2.31. The van der Waals surface area contributed by atoms with Gasteiger partial charge in [-0.15, -0.1) is 5.10 Å². The molecule has 1 saturated heterocycles. The van der Waals surface area contributed by atoms with E-state index in [-0.39, 0.29) is 25.0 Å². The van der Waals surface area contributed by atoms with Crippen LogP contribution < -0.4 is 9.80 Å². The number of aliphatic hydroxyl groups excluding tert-OH is 1. The van der Waals surface area contributed by atoms with Crippen molar-refractivity contribution in [1.82, 2.24) is 15.0 Å². The molecule has 3 aromatic rings. The minimum absolute atomic E-state index is 0.0287. The van der Waals surface area contributed by atoms with Crippen molar-refractivity contribution in [2.24, 2.45) is 5.92 Å². The minimum atomic E-state index is -1.72. The van der Waals surface area contributed by atoms with Crippen molar-refractivity contribution < 1.29 is 19.8 Å². The van der Waals surface area contributed by atoms with Crippen LogP contribution in [0.1, 0.15) is 36.6 Å². The monoisotopic (exact) mass is 579 g/mol. The predicted molar refractivity (Wildman–Crippen MR) is 146 cm³/mol. The lowest BCUT2D eigenvalue weighted by molar-refractivity contribution is -0.139. The van der Waals surface area contributed by atoms with Crippen LogP contribution in [0.2, 0.25) is 0 Å². The maximum absolute atomic E-state index is 13.8. The van der Waals surface area contributed by atoms with Gasteiger partial charge in [0.05, 0.1) is 17.9 Å². The van der Waals surface area contributed by atoms with E-state index in [1.54, 1.807) is 20.7 Å². The second-order valence-electron chi connectivity index (χ2n) is 9.74. The fraction of sp³-hybridized carbons (Fsp3) is 0.357. The molecule has 2 aliphatic heterocycles. The topological polar surface area (TPSA) is 112 Å². The number of β-lactam (4-membered cyclic amide) rings is 1. The standard InChI is InChI=1S/C28H30BrN5O4/c1-19(5-2-3-12-32-18-22(11-14-35)30-31-32)28(38)24-16-21(29)8-9-25(24)34(27(28)37)17-20-6-4-7-23(15-20)33-13-10-26(33)36/h2,4-9,15-16,18-19,35,38H,3,10-14,17H2,1H3/b5-2+/t19-,28+/m0/s1. The maximum atomic E-state index is 13.8. The molecule has 0 radical (unpaired) electrons. The second-order valence-corrected chi connectivity index (χ2v) is 10.7. The Morgan fingerprint density at radius 2 is 2.05 bits per heavy atom. The van der Waals surface area contributed by atoms with Gasteiger partial charge in [-0.3, -0.25) is 14.3 Å². The molecule has 0 unspecified atom stereocenters. The van der Waals surface area contributed by atoms with E-state index in [4.69, 9.17) is 5.11 Å². The third-order valence-electron chi connectivity index (χ3n) is 7.21. The first-order valence-corrected chi connectivity index (χ1v) is 13.5. The van der Waals surface area contributed by atoms with Crippen molar-refractivity contribution in [3.8, 4) is 0 Å². The molecule has 2 N–H and O–H groups in total. The number of allylic oxidation sites excluding steroid dienone is 1. The molecule has 2 amide bonds. The van der Waals surface area contributed by atoms with Crippen molar-refractivity contribution >= 4 is 39.1 Å². The van der Waals surface area contributed by atoms with E-state index in [0.717, 1.165) is 21.4 Å². The zero-order valence-electron chi connectivity index (χ0n) is 21.1. The third kappa shape index (κ3) is 4.91. The van der Waals surface area contributed by atoms with Crippen LogP contribution in [0.5, 0.6) is 0 Å². The first kappa shape index (κ1) is 26.3. The molecule has 0 saturated carbocycles. The fourth-order valence-electron chi connectivity index (χ4n) is 4.99. The van der Waals surface area contributed by atoms with Crippen molar-refractivity contribution in [2.45, 2.75) is 44.9 Å². The zero-order chi connectivity index (χ0) is 26.9. The number of rotatable bonds is 10. The number of aliphatic hydroxyl groups is 2. The highest BCUT2D eigenvalue weighted by atomic mass is 79.9. The highest BCUT2D eigenvalue weighted by Gasteiger charge is 2.52. The Morgan fingerprint density at radius 1 is 1.21 bits per heavy atom. The number of benzene rings is 2. The Balaban J connectivity index is 1.34. The molecule has 2 aromatic carbocycles. The van der Waals surface area contributed by atoms with Crippen molar-refractivity contribution in [2.75, 3.05) is 23.0 Å². The Bertz CT molecular complexity index is 1390. The summed E-state index contributed by atoms with van der Waals surface area (Å²) in [4.78, 5) is 29.1. The maximum Gasteiger partial charge on any atom is 0.264 e. The molecule has 1 fully saturated rings. The van der Waals surface area contributed by atoms with Crippen LogP contribution in [0.3, 0.4) is 0 Å². The molecule has 1 aromatic heterocycles. The lowest BCUT2D eigenvalue weighted by atomic mass is 9.83. The smallest absolute Gasteiger partial charge is 0.264 e. The fourth-order valence-corrected chi connectivity index (χ4v) is 5.35. The van der Waals surface area contributed by atoms with E-state index in [1.165, 1.54) is 0 Å². The van der Waals surface area contributed by atoms with Crippen LogP contribution in [0.15, 0.2) is 65.3 Å². The Kier molecular flexibility index (Phi) is 7.47. The van der Waals surface area contributed by atoms with E-state index in [9.17, 15) is 14.7 Å². The molecule has 9 nitrogen and oxygen atoms in total. The summed E-state index contributed by atoms with van der Waals surface area (Å²) in [6.07, 6.45) is 7.28. The lowest BCUT2D eigenvalue weighted by Crippen LogP contribution is -2.44. The first-order valence-electron chi connectivity index (χ1n) is 12.7. The number of hydrogen-bond donors (Lipinski definition) is 2. The van der Waals surface area contributed by atoms with Crippen LogP contribution in [0, 0.1) is 5.92 Å². The molecule has 5 rings (SSSR count). The van der Waals surface area contributed by atoms with Crippen molar-refractivity contribution in [3.63, 3.8) is 0 Å². The Morgan fingerprint density at radius 3 is 2.79 bits per heavy atom. The largest absolute Gasteiger partial charge is 0.396 e. The number of carbonyl (C=O) groups is 2. The molecule has 198 valence electrons. The third-order valence-corrected chi connectivity index (χ3v) is 7.70. The number of amides is 2. The number of carbonyl (C=O) groups excluding carboxylic acids is 2. The van der Waals surface area contributed by atoms with Gasteiger partial charge in [-0.25, -0.2) is 0 Å². The Hall–Kier alpha value is -3.34. The molecule has 2 atom stereocenters. The van der Waals surface area contributed by atoms with Gasteiger partial charge in [0.1, 0.15) is 0 Å². The van der Waals surface area contributed by atoms with Crippen LogP contribution >= 0.6 is 15.9 Å². The average molecular weight is 580 g/mol. The molecule has 0 bridgehead atoms. The van der Waals surface area contributed by atoms with Gasteiger partial charge >= 0.3 is 0 Å². The molecule has 10 heteroatoms. The van der Waals surface area contributed by atoms with Gasteiger partial charge in [-0.2, -0.15) is 0 Å². The quantitative estimate of drug-likeness (QED) is 0.281. The highest BCUT2D eigenvalue weighted by Crippen LogP contribution is 2.46. The van der Waals surface area contributed by atoms with E-state index >= 15 is 0 Å². The molecular formula is C28H30BrN5O4. The van der Waals surface area contributed by atoms with Crippen LogP contribution in [0.25, 0.3) is 0 Å². The number of anilines is 2. The van der Waals surface area contributed by atoms with Gasteiger partial charge in [0.15, 0.2) is 5.60 Å². The van der Waals surface area contributed by atoms with Crippen LogP contribution in [-0.2, 0) is 34.7 Å². The molecule has 0 aliphatic carbocycles. The van der Waals surface area contributed by atoms with Gasteiger partial charge in [0.2, 0.25) is 5.91 Å². The SMILES string of the molecule is C[C@@H](/C=C/CCn1cc(CCO)nn1)[C@]1(O)C(=O)N(Cc2cccc(N3CCC3=O)c2)c2ccc(Br)cc21. The number of nitrogens with zero attached hydrogens (tertiary/aromatic N) is 5. The summed E-state index contributed by atoms with van der Waals surface area (Å²) in [6.45, 7) is 3.45. The summed E-state index contributed by atoms with van der Waals surface area (Å²) >= 11 is 3.49. The summed E-state index contributed by atoms with van der Waals surface area (Å²) in [5.41, 5.74) is 1.95.